The van der Waals surface area contributed by atoms with Crippen LogP contribution in [-0.4, -0.2) is 23.9 Å². The molecule has 1 aliphatic heterocycles. The van der Waals surface area contributed by atoms with Gasteiger partial charge in [0.1, 0.15) is 5.04 Å². The standard InChI is InChI=1S/C13H11NO2S/c1-9-8-10(12-14-6-3-7-17-12)4-5-11(9)13(15)16-2/h4-5,8H,7H2,1-2H3. The van der Waals surface area contributed by atoms with Crippen molar-refractivity contribution in [1.82, 2.24) is 0 Å². The minimum absolute atomic E-state index is 0.313. The Morgan fingerprint density at radius 1 is 1.53 bits per heavy atom. The number of ether oxygens (including phenoxy) is 1. The van der Waals surface area contributed by atoms with Crippen LogP contribution in [-0.2, 0) is 4.74 Å². The lowest BCUT2D eigenvalue weighted by Crippen LogP contribution is -2.06. The van der Waals surface area contributed by atoms with Crippen molar-refractivity contribution >= 4 is 22.8 Å². The van der Waals surface area contributed by atoms with Crippen molar-refractivity contribution < 1.29 is 9.53 Å². The number of methoxy groups -OCH3 is 1. The second-order valence-electron chi connectivity index (χ2n) is 3.52. The van der Waals surface area contributed by atoms with Gasteiger partial charge in [-0.1, -0.05) is 23.7 Å². The van der Waals surface area contributed by atoms with E-state index in [-0.39, 0.29) is 5.97 Å². The van der Waals surface area contributed by atoms with Crippen molar-refractivity contribution in [3.8, 4) is 12.0 Å². The van der Waals surface area contributed by atoms with Gasteiger partial charge >= 0.3 is 5.97 Å². The largest absolute Gasteiger partial charge is 0.465 e. The van der Waals surface area contributed by atoms with Crippen LogP contribution in [0.3, 0.4) is 0 Å². The smallest absolute Gasteiger partial charge is 0.338 e. The third-order valence-electron chi connectivity index (χ3n) is 2.40. The van der Waals surface area contributed by atoms with Crippen LogP contribution in [0.1, 0.15) is 21.5 Å². The van der Waals surface area contributed by atoms with E-state index >= 15 is 0 Å². The van der Waals surface area contributed by atoms with E-state index in [0.717, 1.165) is 21.9 Å². The Morgan fingerprint density at radius 3 is 2.94 bits per heavy atom. The molecule has 1 aromatic rings. The lowest BCUT2D eigenvalue weighted by atomic mass is 10.1. The van der Waals surface area contributed by atoms with Gasteiger partial charge in [-0.3, -0.25) is 0 Å². The number of hydrogen-bond donors (Lipinski definition) is 0. The molecule has 1 aliphatic rings. The lowest BCUT2D eigenvalue weighted by Gasteiger charge is -2.08. The van der Waals surface area contributed by atoms with Gasteiger partial charge in [0, 0.05) is 11.6 Å². The molecule has 17 heavy (non-hydrogen) atoms. The number of aryl methyl sites for hydroxylation is 1. The molecule has 0 radical (unpaired) electrons. The minimum Gasteiger partial charge on any atom is -0.465 e. The van der Waals surface area contributed by atoms with Crippen molar-refractivity contribution in [3.05, 3.63) is 34.9 Å². The highest BCUT2D eigenvalue weighted by Crippen LogP contribution is 2.19. The maximum absolute atomic E-state index is 11.4. The van der Waals surface area contributed by atoms with Crippen LogP contribution in [0.15, 0.2) is 23.2 Å². The first-order valence-corrected chi connectivity index (χ1v) is 6.08. The molecule has 0 saturated carbocycles. The highest BCUT2D eigenvalue weighted by atomic mass is 32.2. The molecule has 0 bridgehead atoms. The maximum Gasteiger partial charge on any atom is 0.338 e. The molecule has 3 nitrogen and oxygen atoms in total. The molecule has 0 amide bonds. The lowest BCUT2D eigenvalue weighted by molar-refractivity contribution is 0.0600. The van der Waals surface area contributed by atoms with Crippen molar-refractivity contribution in [3.63, 3.8) is 0 Å². The van der Waals surface area contributed by atoms with Crippen molar-refractivity contribution in [2.75, 3.05) is 12.9 Å². The Labute approximate surface area is 104 Å². The number of nitrogens with zero attached hydrogens (tertiary/aromatic N) is 1. The molecule has 1 aromatic carbocycles. The molecule has 0 N–H and O–H groups in total. The van der Waals surface area contributed by atoms with Gasteiger partial charge in [-0.25, -0.2) is 4.79 Å². The fourth-order valence-electron chi connectivity index (χ4n) is 1.54. The van der Waals surface area contributed by atoms with Gasteiger partial charge in [-0.15, -0.1) is 0 Å². The molecule has 4 heteroatoms. The molecular formula is C13H11NO2S. The number of carbonyl (C=O) groups excluding carboxylic acids is 1. The SMILES string of the molecule is COC(=O)c1ccc(C2=NC#CCS2)cc1C. The van der Waals surface area contributed by atoms with Crippen molar-refractivity contribution in [2.24, 2.45) is 4.99 Å². The zero-order chi connectivity index (χ0) is 12.3. The van der Waals surface area contributed by atoms with E-state index in [0.29, 0.717) is 5.56 Å². The van der Waals surface area contributed by atoms with Gasteiger partial charge < -0.3 is 4.74 Å². The van der Waals surface area contributed by atoms with E-state index < -0.39 is 0 Å². The summed E-state index contributed by atoms with van der Waals surface area (Å²) in [7, 11) is 1.38. The van der Waals surface area contributed by atoms with Crippen molar-refractivity contribution in [2.45, 2.75) is 6.92 Å². The van der Waals surface area contributed by atoms with Crippen LogP contribution in [0.4, 0.5) is 0 Å². The highest BCUT2D eigenvalue weighted by Gasteiger charge is 2.12. The molecule has 0 spiro atoms. The number of aliphatic imine (C=N–C) groups is 1. The molecule has 0 saturated heterocycles. The normalized spacial score (nSPS) is 13.4. The monoisotopic (exact) mass is 245 g/mol. The molecular weight excluding hydrogens is 234 g/mol. The molecule has 2 rings (SSSR count). The number of thioether (sulfide) groups is 1. The van der Waals surface area contributed by atoms with E-state index in [1.807, 2.05) is 19.1 Å². The quantitative estimate of drug-likeness (QED) is 0.592. The third kappa shape index (κ3) is 2.51. The summed E-state index contributed by atoms with van der Waals surface area (Å²) < 4.78 is 4.71. The van der Waals surface area contributed by atoms with Gasteiger partial charge in [0.05, 0.1) is 18.4 Å². The molecule has 86 valence electrons. The van der Waals surface area contributed by atoms with Gasteiger partial charge in [0.25, 0.3) is 0 Å². The Bertz CT molecular complexity index is 552. The molecule has 0 atom stereocenters. The van der Waals surface area contributed by atoms with Crippen LogP contribution in [0, 0.1) is 18.9 Å². The molecule has 0 unspecified atom stereocenters. The number of hydrogen-bond acceptors (Lipinski definition) is 4. The van der Waals surface area contributed by atoms with Gasteiger partial charge in [0.2, 0.25) is 0 Å². The van der Waals surface area contributed by atoms with E-state index in [1.165, 1.54) is 7.11 Å². The molecule has 0 aliphatic carbocycles. The Kier molecular flexibility index (Phi) is 3.50. The summed E-state index contributed by atoms with van der Waals surface area (Å²) in [5.74, 6) is 3.34. The topological polar surface area (TPSA) is 38.7 Å². The molecule has 1 heterocycles. The first kappa shape index (κ1) is 11.7. The Morgan fingerprint density at radius 2 is 2.35 bits per heavy atom. The summed E-state index contributed by atoms with van der Waals surface area (Å²) in [5.41, 5.74) is 2.47. The van der Waals surface area contributed by atoms with Gasteiger partial charge in [-0.2, -0.15) is 4.99 Å². The number of benzene rings is 1. The zero-order valence-electron chi connectivity index (χ0n) is 9.61. The van der Waals surface area contributed by atoms with Crippen LogP contribution in [0.2, 0.25) is 0 Å². The fraction of sp³-hybridized carbons (Fsp3) is 0.231. The van der Waals surface area contributed by atoms with Crippen LogP contribution < -0.4 is 0 Å². The van der Waals surface area contributed by atoms with E-state index in [4.69, 9.17) is 4.74 Å². The summed E-state index contributed by atoms with van der Waals surface area (Å²) in [4.78, 5) is 15.6. The second kappa shape index (κ2) is 5.07. The first-order chi connectivity index (χ1) is 8.22. The van der Waals surface area contributed by atoms with Crippen LogP contribution in [0.25, 0.3) is 0 Å². The summed E-state index contributed by atoms with van der Waals surface area (Å²) >= 11 is 1.61. The molecule has 0 aromatic heterocycles. The van der Waals surface area contributed by atoms with E-state index in [9.17, 15) is 4.79 Å². The average Bonchev–Trinajstić information content (AvgIpc) is 2.39. The van der Waals surface area contributed by atoms with Crippen LogP contribution >= 0.6 is 11.8 Å². The second-order valence-corrected chi connectivity index (χ2v) is 4.48. The first-order valence-electron chi connectivity index (χ1n) is 5.10. The highest BCUT2D eigenvalue weighted by molar-refractivity contribution is 8.14. The summed E-state index contributed by atoms with van der Waals surface area (Å²) in [6, 6.07) is 8.30. The van der Waals surface area contributed by atoms with Crippen molar-refractivity contribution in [1.29, 1.82) is 0 Å². The van der Waals surface area contributed by atoms with Crippen LogP contribution in [0.5, 0.6) is 0 Å². The predicted molar refractivity (Wildman–Crippen MR) is 69.3 cm³/mol. The number of esters is 1. The Balaban J connectivity index is 2.35. The number of carbonyl (C=O) groups is 1. The molecule has 0 fully saturated rings. The zero-order valence-corrected chi connectivity index (χ0v) is 10.4. The predicted octanol–water partition coefficient (Wildman–Crippen LogP) is 2.24. The number of rotatable bonds is 2. The van der Waals surface area contributed by atoms with E-state index in [1.54, 1.807) is 17.8 Å². The van der Waals surface area contributed by atoms with Gasteiger partial charge in [0.15, 0.2) is 0 Å². The van der Waals surface area contributed by atoms with Gasteiger partial charge in [-0.05, 0) is 24.6 Å². The summed E-state index contributed by atoms with van der Waals surface area (Å²) in [6.45, 7) is 1.88. The Hall–Kier alpha value is -1.73. The minimum atomic E-state index is -0.313. The summed E-state index contributed by atoms with van der Waals surface area (Å²) in [5, 5.41) is 0.906. The maximum atomic E-state index is 11.4. The average molecular weight is 245 g/mol. The summed E-state index contributed by atoms with van der Waals surface area (Å²) in [6.07, 6.45) is 0. The third-order valence-corrected chi connectivity index (χ3v) is 3.29. The fourth-order valence-corrected chi connectivity index (χ4v) is 2.22. The van der Waals surface area contributed by atoms with E-state index in [2.05, 4.69) is 17.0 Å².